The standard InChI is InChI=1S/C19H24ClN3O3/c1-3-13(2)23-18(25)10-11-21-17(24)8-9-19-22-12-16(26-19)14-4-6-15(20)7-5-14/h4-7,12-13H,3,8-11H2,1-2H3,(H,21,24)(H,23,25). The number of aryl methyl sites for hydroxylation is 1. The third-order valence-corrected chi connectivity index (χ3v) is 4.19. The highest BCUT2D eigenvalue weighted by Crippen LogP contribution is 2.22. The first-order chi connectivity index (χ1) is 12.5. The average molecular weight is 378 g/mol. The Morgan fingerprint density at radius 1 is 1.19 bits per heavy atom. The van der Waals surface area contributed by atoms with E-state index in [4.69, 9.17) is 16.0 Å². The van der Waals surface area contributed by atoms with Crippen LogP contribution in [0.4, 0.5) is 0 Å². The number of amides is 2. The number of carbonyl (C=O) groups excluding carboxylic acids is 2. The van der Waals surface area contributed by atoms with Crippen LogP contribution >= 0.6 is 11.6 Å². The number of hydrogen-bond acceptors (Lipinski definition) is 4. The van der Waals surface area contributed by atoms with Gasteiger partial charge in [0.25, 0.3) is 0 Å². The lowest BCUT2D eigenvalue weighted by molar-refractivity contribution is -0.122. The number of nitrogens with zero attached hydrogens (tertiary/aromatic N) is 1. The van der Waals surface area contributed by atoms with Crippen LogP contribution in [0.5, 0.6) is 0 Å². The molecule has 0 saturated carbocycles. The summed E-state index contributed by atoms with van der Waals surface area (Å²) in [5, 5.41) is 6.25. The Hall–Kier alpha value is -2.34. The van der Waals surface area contributed by atoms with Crippen molar-refractivity contribution in [2.24, 2.45) is 0 Å². The molecule has 1 heterocycles. The first-order valence-corrected chi connectivity index (χ1v) is 9.12. The van der Waals surface area contributed by atoms with E-state index in [1.807, 2.05) is 26.0 Å². The molecule has 1 unspecified atom stereocenters. The maximum atomic E-state index is 11.9. The first kappa shape index (κ1) is 20.0. The molecule has 1 atom stereocenters. The molecule has 1 aromatic heterocycles. The smallest absolute Gasteiger partial charge is 0.221 e. The largest absolute Gasteiger partial charge is 0.441 e. The highest BCUT2D eigenvalue weighted by Gasteiger charge is 2.10. The molecular formula is C19H24ClN3O3. The molecule has 0 fully saturated rings. The average Bonchev–Trinajstić information content (AvgIpc) is 3.09. The molecule has 2 amide bonds. The Labute approximate surface area is 158 Å². The summed E-state index contributed by atoms with van der Waals surface area (Å²) in [6.07, 6.45) is 3.45. The molecule has 1 aromatic carbocycles. The lowest BCUT2D eigenvalue weighted by atomic mass is 10.2. The molecule has 2 rings (SSSR count). The third kappa shape index (κ3) is 6.52. The Kier molecular flexibility index (Phi) is 7.66. The monoisotopic (exact) mass is 377 g/mol. The van der Waals surface area contributed by atoms with Crippen molar-refractivity contribution < 1.29 is 14.0 Å². The number of hydrogen-bond donors (Lipinski definition) is 2. The first-order valence-electron chi connectivity index (χ1n) is 8.74. The van der Waals surface area contributed by atoms with Crippen molar-refractivity contribution in [3.05, 3.63) is 41.4 Å². The van der Waals surface area contributed by atoms with E-state index in [0.29, 0.717) is 29.6 Å². The van der Waals surface area contributed by atoms with E-state index in [1.54, 1.807) is 18.3 Å². The van der Waals surface area contributed by atoms with Crippen LogP contribution in [-0.4, -0.2) is 29.4 Å². The van der Waals surface area contributed by atoms with Gasteiger partial charge in [0.05, 0.1) is 6.20 Å². The van der Waals surface area contributed by atoms with Gasteiger partial charge in [-0.25, -0.2) is 4.98 Å². The van der Waals surface area contributed by atoms with Crippen LogP contribution in [0, 0.1) is 0 Å². The molecule has 0 aliphatic heterocycles. The zero-order valence-corrected chi connectivity index (χ0v) is 15.8. The number of rotatable bonds is 9. The highest BCUT2D eigenvalue weighted by molar-refractivity contribution is 6.30. The minimum absolute atomic E-state index is 0.0556. The van der Waals surface area contributed by atoms with Crippen LogP contribution in [-0.2, 0) is 16.0 Å². The number of oxazole rings is 1. The van der Waals surface area contributed by atoms with Crippen LogP contribution in [0.1, 0.15) is 39.0 Å². The van der Waals surface area contributed by atoms with Gasteiger partial charge in [0.1, 0.15) is 0 Å². The second kappa shape index (κ2) is 9.97. The van der Waals surface area contributed by atoms with Gasteiger partial charge >= 0.3 is 0 Å². The number of aromatic nitrogens is 1. The van der Waals surface area contributed by atoms with Crippen LogP contribution in [0.2, 0.25) is 5.02 Å². The van der Waals surface area contributed by atoms with Gasteiger partial charge in [-0.3, -0.25) is 9.59 Å². The molecule has 0 aliphatic carbocycles. The van der Waals surface area contributed by atoms with Gasteiger partial charge in [0.2, 0.25) is 11.8 Å². The van der Waals surface area contributed by atoms with Crippen LogP contribution in [0.15, 0.2) is 34.9 Å². The minimum Gasteiger partial charge on any atom is -0.441 e. The Balaban J connectivity index is 1.71. The summed E-state index contributed by atoms with van der Waals surface area (Å²) in [5.41, 5.74) is 0.880. The predicted molar refractivity (Wildman–Crippen MR) is 101 cm³/mol. The van der Waals surface area contributed by atoms with Gasteiger partial charge in [-0.2, -0.15) is 0 Å². The summed E-state index contributed by atoms with van der Waals surface area (Å²) in [5.74, 6) is 0.950. The Bertz CT molecular complexity index is 728. The van der Waals surface area contributed by atoms with Crippen LogP contribution in [0.25, 0.3) is 11.3 Å². The van der Waals surface area contributed by atoms with Crippen molar-refractivity contribution in [3.8, 4) is 11.3 Å². The summed E-state index contributed by atoms with van der Waals surface area (Å²) < 4.78 is 5.66. The number of nitrogens with one attached hydrogen (secondary N) is 2. The molecule has 0 aliphatic rings. The van der Waals surface area contributed by atoms with E-state index in [9.17, 15) is 9.59 Å². The van der Waals surface area contributed by atoms with Crippen molar-refractivity contribution in [1.82, 2.24) is 15.6 Å². The molecule has 0 radical (unpaired) electrons. The fourth-order valence-corrected chi connectivity index (χ4v) is 2.37. The second-order valence-corrected chi connectivity index (χ2v) is 6.54. The fourth-order valence-electron chi connectivity index (χ4n) is 2.25. The highest BCUT2D eigenvalue weighted by atomic mass is 35.5. The maximum absolute atomic E-state index is 11.9. The quantitative estimate of drug-likeness (QED) is 0.701. The summed E-state index contributed by atoms with van der Waals surface area (Å²) in [7, 11) is 0. The molecule has 0 saturated heterocycles. The summed E-state index contributed by atoms with van der Waals surface area (Å²) in [6.45, 7) is 4.28. The molecule has 7 heteroatoms. The molecule has 0 bridgehead atoms. The van der Waals surface area contributed by atoms with Gasteiger partial charge < -0.3 is 15.1 Å². The van der Waals surface area contributed by atoms with Gasteiger partial charge in [-0.1, -0.05) is 18.5 Å². The molecule has 2 aromatic rings. The van der Waals surface area contributed by atoms with Gasteiger partial charge in [-0.05, 0) is 37.6 Å². The second-order valence-electron chi connectivity index (χ2n) is 6.10. The zero-order valence-electron chi connectivity index (χ0n) is 15.0. The summed E-state index contributed by atoms with van der Waals surface area (Å²) in [6, 6.07) is 7.42. The predicted octanol–water partition coefficient (Wildman–Crippen LogP) is 3.35. The molecule has 0 spiro atoms. The van der Waals surface area contributed by atoms with Crippen molar-refractivity contribution in [2.45, 2.75) is 45.6 Å². The van der Waals surface area contributed by atoms with Crippen molar-refractivity contribution >= 4 is 23.4 Å². The Morgan fingerprint density at radius 3 is 2.62 bits per heavy atom. The topological polar surface area (TPSA) is 84.2 Å². The Morgan fingerprint density at radius 2 is 1.92 bits per heavy atom. The molecule has 2 N–H and O–H groups in total. The summed E-state index contributed by atoms with van der Waals surface area (Å²) >= 11 is 5.87. The van der Waals surface area contributed by atoms with Crippen LogP contribution in [0.3, 0.4) is 0 Å². The minimum atomic E-state index is -0.132. The van der Waals surface area contributed by atoms with Gasteiger partial charge in [0.15, 0.2) is 11.7 Å². The van der Waals surface area contributed by atoms with E-state index in [1.165, 1.54) is 0 Å². The van der Waals surface area contributed by atoms with Gasteiger partial charge in [0, 0.05) is 42.4 Å². The molecule has 26 heavy (non-hydrogen) atoms. The van der Waals surface area contributed by atoms with Crippen molar-refractivity contribution in [1.29, 1.82) is 0 Å². The number of benzene rings is 1. The SMILES string of the molecule is CCC(C)NC(=O)CCNC(=O)CCc1ncc(-c2ccc(Cl)cc2)o1. The fraction of sp³-hybridized carbons (Fsp3) is 0.421. The lowest BCUT2D eigenvalue weighted by Crippen LogP contribution is -2.35. The number of carbonyl (C=O) groups is 2. The van der Waals surface area contributed by atoms with E-state index in [0.717, 1.165) is 12.0 Å². The van der Waals surface area contributed by atoms with E-state index >= 15 is 0 Å². The van der Waals surface area contributed by atoms with E-state index < -0.39 is 0 Å². The molecule has 140 valence electrons. The third-order valence-electron chi connectivity index (χ3n) is 3.94. The van der Waals surface area contributed by atoms with E-state index in [2.05, 4.69) is 15.6 Å². The molecular weight excluding hydrogens is 354 g/mol. The van der Waals surface area contributed by atoms with Crippen molar-refractivity contribution in [2.75, 3.05) is 6.54 Å². The maximum Gasteiger partial charge on any atom is 0.221 e. The lowest BCUT2D eigenvalue weighted by Gasteiger charge is -2.11. The van der Waals surface area contributed by atoms with Crippen molar-refractivity contribution in [3.63, 3.8) is 0 Å². The zero-order chi connectivity index (χ0) is 18.9. The molecule has 6 nitrogen and oxygen atoms in total. The van der Waals surface area contributed by atoms with E-state index in [-0.39, 0.29) is 30.7 Å². The summed E-state index contributed by atoms with van der Waals surface area (Å²) in [4.78, 5) is 27.7. The van der Waals surface area contributed by atoms with Gasteiger partial charge in [-0.15, -0.1) is 0 Å². The normalized spacial score (nSPS) is 11.8. The van der Waals surface area contributed by atoms with Crippen LogP contribution < -0.4 is 10.6 Å². The number of halogens is 1.